The number of nitrogens with one attached hydrogen (secondary N) is 1. The van der Waals surface area contributed by atoms with Crippen LogP contribution in [-0.2, 0) is 6.54 Å². The molecule has 0 saturated carbocycles. The van der Waals surface area contributed by atoms with E-state index in [1.54, 1.807) is 17.5 Å². The highest BCUT2D eigenvalue weighted by molar-refractivity contribution is 7.07. The van der Waals surface area contributed by atoms with Gasteiger partial charge in [0.15, 0.2) is 0 Å². The highest BCUT2D eigenvalue weighted by Crippen LogP contribution is 2.10. The quantitative estimate of drug-likeness (QED) is 0.808. The number of nitrogens with two attached hydrogens (primary N) is 1. The largest absolute Gasteiger partial charge is 0.397 e. The Morgan fingerprint density at radius 1 is 1.36 bits per heavy atom. The van der Waals surface area contributed by atoms with Crippen LogP contribution < -0.4 is 11.1 Å². The fourth-order valence-corrected chi connectivity index (χ4v) is 1.76. The van der Waals surface area contributed by atoms with Crippen LogP contribution in [0.2, 0.25) is 0 Å². The minimum Gasteiger partial charge on any atom is -0.397 e. The Morgan fingerprint density at radius 3 is 2.93 bits per heavy atom. The van der Waals surface area contributed by atoms with E-state index in [1.807, 2.05) is 12.1 Å². The van der Waals surface area contributed by atoms with Crippen LogP contribution in [0, 0.1) is 0 Å². The van der Waals surface area contributed by atoms with Crippen LogP contribution in [0.1, 0.15) is 5.56 Å². The molecule has 3 nitrogen and oxygen atoms in total. The summed E-state index contributed by atoms with van der Waals surface area (Å²) in [6.45, 7) is 0.806. The number of pyridine rings is 1. The van der Waals surface area contributed by atoms with Gasteiger partial charge in [-0.25, -0.2) is 4.98 Å². The van der Waals surface area contributed by atoms with Crippen LogP contribution in [0.5, 0.6) is 0 Å². The molecule has 0 aromatic carbocycles. The van der Waals surface area contributed by atoms with Crippen molar-refractivity contribution in [3.05, 3.63) is 40.7 Å². The number of hydrogen-bond donors (Lipinski definition) is 2. The van der Waals surface area contributed by atoms with Crippen molar-refractivity contribution in [1.82, 2.24) is 4.98 Å². The monoisotopic (exact) mass is 205 g/mol. The van der Waals surface area contributed by atoms with Gasteiger partial charge in [0.2, 0.25) is 0 Å². The molecular weight excluding hydrogens is 194 g/mol. The van der Waals surface area contributed by atoms with E-state index in [9.17, 15) is 0 Å². The van der Waals surface area contributed by atoms with E-state index in [0.29, 0.717) is 5.69 Å². The molecule has 0 radical (unpaired) electrons. The number of thiophene rings is 1. The second kappa shape index (κ2) is 4.11. The summed E-state index contributed by atoms with van der Waals surface area (Å²) in [4.78, 5) is 4.15. The molecule has 2 heterocycles. The maximum absolute atomic E-state index is 5.53. The van der Waals surface area contributed by atoms with Crippen molar-refractivity contribution in [3.8, 4) is 0 Å². The summed E-state index contributed by atoms with van der Waals surface area (Å²) in [5.74, 6) is 0.852. The molecule has 0 aliphatic heterocycles. The zero-order valence-corrected chi connectivity index (χ0v) is 8.42. The van der Waals surface area contributed by atoms with Crippen LogP contribution in [0.15, 0.2) is 35.2 Å². The Balaban J connectivity index is 1.95. The summed E-state index contributed by atoms with van der Waals surface area (Å²) < 4.78 is 0. The van der Waals surface area contributed by atoms with Gasteiger partial charge in [-0.1, -0.05) is 0 Å². The number of rotatable bonds is 3. The maximum Gasteiger partial charge on any atom is 0.126 e. The lowest BCUT2D eigenvalue weighted by atomic mass is 10.3. The van der Waals surface area contributed by atoms with Gasteiger partial charge < -0.3 is 11.1 Å². The van der Waals surface area contributed by atoms with E-state index >= 15 is 0 Å². The molecule has 2 aromatic heterocycles. The van der Waals surface area contributed by atoms with Crippen molar-refractivity contribution in [3.63, 3.8) is 0 Å². The number of aromatic nitrogens is 1. The van der Waals surface area contributed by atoms with Crippen LogP contribution in [0.3, 0.4) is 0 Å². The van der Waals surface area contributed by atoms with Gasteiger partial charge in [-0.15, -0.1) is 0 Å². The molecule has 0 bridgehead atoms. The third-order valence-electron chi connectivity index (χ3n) is 1.84. The number of nitrogens with zero attached hydrogens (tertiary/aromatic N) is 1. The Hall–Kier alpha value is -1.55. The fourth-order valence-electron chi connectivity index (χ4n) is 1.10. The third-order valence-corrected chi connectivity index (χ3v) is 2.57. The summed E-state index contributed by atoms with van der Waals surface area (Å²) in [6, 6.07) is 5.81. The smallest absolute Gasteiger partial charge is 0.126 e. The summed E-state index contributed by atoms with van der Waals surface area (Å²) in [6.07, 6.45) is 1.65. The molecule has 0 amide bonds. The molecular formula is C10H11N3S. The standard InChI is InChI=1S/C10H11N3S/c11-9-1-2-10(13-6-9)12-5-8-3-4-14-7-8/h1-4,6-7H,5,11H2,(H,12,13). The predicted octanol–water partition coefficient (Wildman–Crippen LogP) is 2.34. The molecule has 2 aromatic rings. The summed E-state index contributed by atoms with van der Waals surface area (Å²) in [5, 5.41) is 7.39. The minimum atomic E-state index is 0.686. The van der Waals surface area contributed by atoms with E-state index in [2.05, 4.69) is 27.1 Å². The van der Waals surface area contributed by atoms with Gasteiger partial charge in [0.1, 0.15) is 5.82 Å². The Morgan fingerprint density at radius 2 is 2.29 bits per heavy atom. The Labute approximate surface area is 86.6 Å². The van der Waals surface area contributed by atoms with Gasteiger partial charge in [-0.2, -0.15) is 11.3 Å². The summed E-state index contributed by atoms with van der Waals surface area (Å²) >= 11 is 1.70. The van der Waals surface area contributed by atoms with Gasteiger partial charge in [0.05, 0.1) is 11.9 Å². The summed E-state index contributed by atoms with van der Waals surface area (Å²) in [5.41, 5.74) is 7.49. The highest BCUT2D eigenvalue weighted by atomic mass is 32.1. The van der Waals surface area contributed by atoms with Gasteiger partial charge in [-0.05, 0) is 34.5 Å². The van der Waals surface area contributed by atoms with Crippen molar-refractivity contribution in [2.24, 2.45) is 0 Å². The fraction of sp³-hybridized carbons (Fsp3) is 0.100. The molecule has 2 rings (SSSR count). The Bertz CT molecular complexity index is 380. The average Bonchev–Trinajstić information content (AvgIpc) is 2.70. The van der Waals surface area contributed by atoms with Crippen molar-refractivity contribution in [2.75, 3.05) is 11.1 Å². The van der Waals surface area contributed by atoms with E-state index < -0.39 is 0 Å². The number of anilines is 2. The average molecular weight is 205 g/mol. The number of hydrogen-bond acceptors (Lipinski definition) is 4. The first-order valence-electron chi connectivity index (χ1n) is 4.31. The van der Waals surface area contributed by atoms with Crippen LogP contribution in [-0.4, -0.2) is 4.98 Å². The number of nitrogen functional groups attached to an aromatic ring is 1. The molecule has 0 aliphatic rings. The lowest BCUT2D eigenvalue weighted by Crippen LogP contribution is -2.00. The molecule has 0 unspecified atom stereocenters. The van der Waals surface area contributed by atoms with Gasteiger partial charge in [0, 0.05) is 6.54 Å². The molecule has 3 N–H and O–H groups in total. The zero-order valence-electron chi connectivity index (χ0n) is 7.60. The lowest BCUT2D eigenvalue weighted by Gasteiger charge is -2.03. The highest BCUT2D eigenvalue weighted by Gasteiger charge is 1.94. The second-order valence-electron chi connectivity index (χ2n) is 2.96. The topological polar surface area (TPSA) is 50.9 Å². The van der Waals surface area contributed by atoms with E-state index in [1.165, 1.54) is 5.56 Å². The molecule has 0 fully saturated rings. The van der Waals surface area contributed by atoms with E-state index in [4.69, 9.17) is 5.73 Å². The van der Waals surface area contributed by atoms with Crippen LogP contribution >= 0.6 is 11.3 Å². The molecule has 0 aliphatic carbocycles. The SMILES string of the molecule is Nc1ccc(NCc2ccsc2)nc1. The summed E-state index contributed by atoms with van der Waals surface area (Å²) in [7, 11) is 0. The van der Waals surface area contributed by atoms with Gasteiger partial charge in [0.25, 0.3) is 0 Å². The second-order valence-corrected chi connectivity index (χ2v) is 3.74. The van der Waals surface area contributed by atoms with E-state index in [0.717, 1.165) is 12.4 Å². The van der Waals surface area contributed by atoms with Crippen LogP contribution in [0.4, 0.5) is 11.5 Å². The zero-order chi connectivity index (χ0) is 9.80. The van der Waals surface area contributed by atoms with Crippen molar-refractivity contribution in [2.45, 2.75) is 6.54 Å². The minimum absolute atomic E-state index is 0.686. The predicted molar refractivity (Wildman–Crippen MR) is 60.3 cm³/mol. The van der Waals surface area contributed by atoms with Crippen molar-refractivity contribution in [1.29, 1.82) is 0 Å². The van der Waals surface area contributed by atoms with Crippen molar-refractivity contribution >= 4 is 22.8 Å². The normalized spacial score (nSPS) is 10.0. The molecule has 14 heavy (non-hydrogen) atoms. The first-order valence-corrected chi connectivity index (χ1v) is 5.25. The third kappa shape index (κ3) is 2.23. The maximum atomic E-state index is 5.53. The van der Waals surface area contributed by atoms with Gasteiger partial charge >= 0.3 is 0 Å². The first-order chi connectivity index (χ1) is 6.84. The molecule has 0 atom stereocenters. The van der Waals surface area contributed by atoms with Crippen LogP contribution in [0.25, 0.3) is 0 Å². The first kappa shape index (κ1) is 9.02. The van der Waals surface area contributed by atoms with Crippen molar-refractivity contribution < 1.29 is 0 Å². The molecule has 72 valence electrons. The Kier molecular flexibility index (Phi) is 2.65. The molecule has 4 heteroatoms. The molecule has 0 saturated heterocycles. The van der Waals surface area contributed by atoms with E-state index in [-0.39, 0.29) is 0 Å². The molecule has 0 spiro atoms. The lowest BCUT2D eigenvalue weighted by molar-refractivity contribution is 1.12. The van der Waals surface area contributed by atoms with Gasteiger partial charge in [-0.3, -0.25) is 0 Å².